The molecule has 0 saturated heterocycles. The summed E-state index contributed by atoms with van der Waals surface area (Å²) in [6, 6.07) is 8.24. The summed E-state index contributed by atoms with van der Waals surface area (Å²) in [5, 5.41) is 1.18. The Morgan fingerprint density at radius 2 is 2.11 bits per heavy atom. The number of fused-ring (bicyclic) bond motifs is 3. The molecular formula is C14H13N3S. The van der Waals surface area contributed by atoms with Gasteiger partial charge in [-0.2, -0.15) is 0 Å². The minimum Gasteiger partial charge on any atom is -0.329 e. The molecule has 1 N–H and O–H groups in total. The van der Waals surface area contributed by atoms with E-state index in [1.807, 2.05) is 18.3 Å². The predicted molar refractivity (Wildman–Crippen MR) is 75.3 cm³/mol. The van der Waals surface area contributed by atoms with Crippen molar-refractivity contribution in [3.05, 3.63) is 35.2 Å². The molecular weight excluding hydrogens is 242 g/mol. The van der Waals surface area contributed by atoms with Crippen molar-refractivity contribution in [1.29, 1.82) is 0 Å². The third-order valence-electron chi connectivity index (χ3n) is 3.93. The smallest absolute Gasteiger partial charge is 0.178 e. The number of H-pyrrole nitrogens is 1. The molecule has 4 heteroatoms. The van der Waals surface area contributed by atoms with E-state index in [0.717, 1.165) is 15.8 Å². The van der Waals surface area contributed by atoms with Gasteiger partial charge in [-0.05, 0) is 38.0 Å². The molecule has 1 aromatic carbocycles. The second-order valence-electron chi connectivity index (χ2n) is 5.30. The average Bonchev–Trinajstić information content (AvgIpc) is 3.00. The summed E-state index contributed by atoms with van der Waals surface area (Å²) in [5.74, 6) is 0. The molecule has 1 saturated carbocycles. The normalized spacial score (nSPS) is 17.4. The van der Waals surface area contributed by atoms with Gasteiger partial charge in [0.15, 0.2) is 4.77 Å². The van der Waals surface area contributed by atoms with Crippen LogP contribution in [0.4, 0.5) is 0 Å². The third-order valence-corrected chi connectivity index (χ3v) is 4.21. The first-order chi connectivity index (χ1) is 8.69. The van der Waals surface area contributed by atoms with E-state index in [2.05, 4.69) is 33.6 Å². The van der Waals surface area contributed by atoms with Crippen LogP contribution in [0.2, 0.25) is 0 Å². The Morgan fingerprint density at radius 1 is 1.33 bits per heavy atom. The number of hydrogen-bond donors (Lipinski definition) is 1. The zero-order valence-electron chi connectivity index (χ0n) is 10.1. The molecule has 2 heterocycles. The van der Waals surface area contributed by atoms with Crippen LogP contribution in [0.3, 0.4) is 0 Å². The Hall–Kier alpha value is -1.68. The van der Waals surface area contributed by atoms with Gasteiger partial charge in [-0.1, -0.05) is 18.2 Å². The third kappa shape index (κ3) is 1.24. The molecule has 0 radical (unpaired) electrons. The number of benzene rings is 1. The molecule has 0 unspecified atom stereocenters. The standard InChI is InChI=1S/C14H13N3S/c1-14(6-7-14)17-12-9-4-2-3-5-10(9)15-8-11(12)16-13(17)18/h2-5,8H,6-7H2,1H3,(H,16,18). The van der Waals surface area contributed by atoms with E-state index in [0.29, 0.717) is 0 Å². The van der Waals surface area contributed by atoms with E-state index >= 15 is 0 Å². The summed E-state index contributed by atoms with van der Waals surface area (Å²) in [5.41, 5.74) is 3.45. The molecule has 4 rings (SSSR count). The quantitative estimate of drug-likeness (QED) is 0.672. The van der Waals surface area contributed by atoms with Crippen LogP contribution in [-0.2, 0) is 5.54 Å². The second-order valence-corrected chi connectivity index (χ2v) is 5.69. The highest BCUT2D eigenvalue weighted by Gasteiger charge is 2.41. The molecule has 0 aliphatic heterocycles. The van der Waals surface area contributed by atoms with Crippen LogP contribution >= 0.6 is 12.2 Å². The lowest BCUT2D eigenvalue weighted by atomic mass is 10.2. The molecule has 3 aromatic rings. The van der Waals surface area contributed by atoms with Gasteiger partial charge in [-0.25, -0.2) is 0 Å². The van der Waals surface area contributed by atoms with Gasteiger partial charge in [0.25, 0.3) is 0 Å². The summed E-state index contributed by atoms with van der Waals surface area (Å²) in [6.45, 7) is 2.27. The molecule has 18 heavy (non-hydrogen) atoms. The molecule has 0 atom stereocenters. The highest BCUT2D eigenvalue weighted by atomic mass is 32.1. The highest BCUT2D eigenvalue weighted by molar-refractivity contribution is 7.71. The van der Waals surface area contributed by atoms with Gasteiger partial charge in [0, 0.05) is 10.9 Å². The lowest BCUT2D eigenvalue weighted by molar-refractivity contribution is 0.542. The highest BCUT2D eigenvalue weighted by Crippen LogP contribution is 2.45. The van der Waals surface area contributed by atoms with Crippen molar-refractivity contribution in [3.8, 4) is 0 Å². The first-order valence-electron chi connectivity index (χ1n) is 6.18. The van der Waals surface area contributed by atoms with Crippen LogP contribution < -0.4 is 0 Å². The Kier molecular flexibility index (Phi) is 1.83. The van der Waals surface area contributed by atoms with E-state index in [1.54, 1.807) is 0 Å². The van der Waals surface area contributed by atoms with E-state index in [4.69, 9.17) is 12.2 Å². The fourth-order valence-electron chi connectivity index (χ4n) is 2.65. The number of para-hydroxylation sites is 1. The largest absolute Gasteiger partial charge is 0.329 e. The number of hydrogen-bond acceptors (Lipinski definition) is 2. The molecule has 0 spiro atoms. The van der Waals surface area contributed by atoms with E-state index < -0.39 is 0 Å². The van der Waals surface area contributed by atoms with Gasteiger partial charge in [-0.15, -0.1) is 0 Å². The van der Waals surface area contributed by atoms with Crippen LogP contribution in [-0.4, -0.2) is 14.5 Å². The van der Waals surface area contributed by atoms with Crippen molar-refractivity contribution >= 4 is 34.2 Å². The first-order valence-corrected chi connectivity index (χ1v) is 6.59. The fourth-order valence-corrected chi connectivity index (χ4v) is 3.07. The second kappa shape index (κ2) is 3.20. The molecule has 90 valence electrons. The monoisotopic (exact) mass is 255 g/mol. The van der Waals surface area contributed by atoms with Gasteiger partial charge in [-0.3, -0.25) is 4.98 Å². The maximum Gasteiger partial charge on any atom is 0.178 e. The summed E-state index contributed by atoms with van der Waals surface area (Å²) in [4.78, 5) is 7.76. The number of pyridine rings is 1. The number of imidazole rings is 1. The molecule has 0 amide bonds. The minimum atomic E-state index is 0.194. The summed E-state index contributed by atoms with van der Waals surface area (Å²) in [6.07, 6.45) is 4.28. The van der Waals surface area contributed by atoms with Crippen LogP contribution in [0.15, 0.2) is 30.5 Å². The number of nitrogens with zero attached hydrogens (tertiary/aromatic N) is 2. The van der Waals surface area contributed by atoms with E-state index in [-0.39, 0.29) is 5.54 Å². The van der Waals surface area contributed by atoms with Crippen molar-refractivity contribution in [2.45, 2.75) is 25.3 Å². The number of nitrogens with one attached hydrogen (secondary N) is 1. The minimum absolute atomic E-state index is 0.194. The Balaban J connectivity index is 2.26. The lowest BCUT2D eigenvalue weighted by Crippen LogP contribution is -2.12. The van der Waals surface area contributed by atoms with Crippen molar-refractivity contribution in [2.75, 3.05) is 0 Å². The maximum atomic E-state index is 5.48. The topological polar surface area (TPSA) is 33.6 Å². The van der Waals surface area contributed by atoms with Gasteiger partial charge in [0.05, 0.1) is 22.7 Å². The molecule has 3 nitrogen and oxygen atoms in total. The fraction of sp³-hybridized carbons (Fsp3) is 0.286. The zero-order chi connectivity index (χ0) is 12.3. The van der Waals surface area contributed by atoms with Gasteiger partial charge in [0.2, 0.25) is 0 Å². The summed E-state index contributed by atoms with van der Waals surface area (Å²) < 4.78 is 3.09. The van der Waals surface area contributed by atoms with Crippen molar-refractivity contribution in [3.63, 3.8) is 0 Å². The van der Waals surface area contributed by atoms with Crippen LogP contribution in [0, 0.1) is 4.77 Å². The van der Waals surface area contributed by atoms with Gasteiger partial charge in [0.1, 0.15) is 0 Å². The van der Waals surface area contributed by atoms with E-state index in [1.165, 1.54) is 23.7 Å². The molecule has 0 bridgehead atoms. The van der Waals surface area contributed by atoms with Gasteiger partial charge < -0.3 is 9.55 Å². The average molecular weight is 255 g/mol. The predicted octanol–water partition coefficient (Wildman–Crippen LogP) is 3.76. The Labute approximate surface area is 109 Å². The first kappa shape index (κ1) is 10.3. The Bertz CT molecular complexity index is 824. The summed E-state index contributed by atoms with van der Waals surface area (Å²) >= 11 is 5.48. The molecule has 1 aliphatic carbocycles. The molecule has 2 aromatic heterocycles. The Morgan fingerprint density at radius 3 is 2.89 bits per heavy atom. The van der Waals surface area contributed by atoms with Crippen LogP contribution in [0.5, 0.6) is 0 Å². The summed E-state index contributed by atoms with van der Waals surface area (Å²) in [7, 11) is 0. The zero-order valence-corrected chi connectivity index (χ0v) is 10.9. The van der Waals surface area contributed by atoms with E-state index in [9.17, 15) is 0 Å². The molecule has 1 fully saturated rings. The van der Waals surface area contributed by atoms with Crippen molar-refractivity contribution in [2.24, 2.45) is 0 Å². The van der Waals surface area contributed by atoms with Crippen molar-refractivity contribution < 1.29 is 0 Å². The van der Waals surface area contributed by atoms with Crippen LogP contribution in [0.1, 0.15) is 19.8 Å². The van der Waals surface area contributed by atoms with Crippen LogP contribution in [0.25, 0.3) is 21.9 Å². The van der Waals surface area contributed by atoms with Crippen molar-refractivity contribution in [1.82, 2.24) is 14.5 Å². The number of aromatic nitrogens is 3. The van der Waals surface area contributed by atoms with Gasteiger partial charge >= 0.3 is 0 Å². The number of aromatic amines is 1. The molecule has 1 aliphatic rings. The maximum absolute atomic E-state index is 5.48. The SMILES string of the molecule is CC1(n2c(=S)[nH]c3cnc4ccccc4c32)CC1. The number of rotatable bonds is 1. The lowest BCUT2D eigenvalue weighted by Gasteiger charge is -2.13.